The molecule has 0 aliphatic heterocycles. The summed E-state index contributed by atoms with van der Waals surface area (Å²) < 4.78 is 5.78. The maximum absolute atomic E-state index is 5.78. The maximum atomic E-state index is 5.78. The fourth-order valence-corrected chi connectivity index (χ4v) is 2.12. The zero-order valence-corrected chi connectivity index (χ0v) is 13.6. The normalized spacial score (nSPS) is 12.6. The highest BCUT2D eigenvalue weighted by Crippen LogP contribution is 2.38. The number of ether oxygens (including phenoxy) is 1. The van der Waals surface area contributed by atoms with Crippen molar-refractivity contribution in [1.29, 1.82) is 0 Å². The lowest BCUT2D eigenvalue weighted by molar-refractivity contribution is 0.388. The van der Waals surface area contributed by atoms with E-state index in [-0.39, 0.29) is 10.8 Å². The van der Waals surface area contributed by atoms with Crippen LogP contribution in [-0.4, -0.2) is 0 Å². The first kappa shape index (κ1) is 16.1. The molecule has 19 heavy (non-hydrogen) atoms. The van der Waals surface area contributed by atoms with E-state index in [0.717, 1.165) is 18.6 Å². The van der Waals surface area contributed by atoms with E-state index in [0.29, 0.717) is 0 Å². The van der Waals surface area contributed by atoms with Crippen molar-refractivity contribution in [1.82, 2.24) is 0 Å². The van der Waals surface area contributed by atoms with E-state index in [1.54, 1.807) is 6.61 Å². The minimum absolute atomic E-state index is 0.146. The average molecular weight is 261 g/mol. The first-order valence-corrected chi connectivity index (χ1v) is 7.38. The summed E-state index contributed by atoms with van der Waals surface area (Å²) in [6.45, 7) is 17.3. The Hall–Kier alpha value is -0.980. The summed E-state index contributed by atoms with van der Waals surface area (Å²) >= 11 is 0. The summed E-state index contributed by atoms with van der Waals surface area (Å²) in [6, 6.07) is 6.73. The van der Waals surface area contributed by atoms with Crippen LogP contribution in [0.1, 0.15) is 72.4 Å². The van der Waals surface area contributed by atoms with Gasteiger partial charge in [-0.2, -0.15) is 0 Å². The smallest absolute Gasteiger partial charge is 0.132 e. The first-order valence-electron chi connectivity index (χ1n) is 7.38. The topological polar surface area (TPSA) is 9.23 Å². The van der Waals surface area contributed by atoms with Crippen molar-refractivity contribution in [3.63, 3.8) is 0 Å². The molecule has 0 fully saturated rings. The van der Waals surface area contributed by atoms with Crippen molar-refractivity contribution in [2.24, 2.45) is 0 Å². The highest BCUT2D eigenvalue weighted by atomic mass is 16.5. The number of hydrogen-bond acceptors (Lipinski definition) is 1. The van der Waals surface area contributed by atoms with Crippen LogP contribution < -0.4 is 4.74 Å². The van der Waals surface area contributed by atoms with Gasteiger partial charge in [0.15, 0.2) is 0 Å². The Morgan fingerprint density at radius 1 is 1.00 bits per heavy atom. The van der Waals surface area contributed by atoms with Gasteiger partial charge >= 0.3 is 0 Å². The van der Waals surface area contributed by atoms with Gasteiger partial charge in [0.25, 0.3) is 0 Å². The molecule has 0 aliphatic carbocycles. The molecule has 0 saturated carbocycles. The van der Waals surface area contributed by atoms with Crippen LogP contribution in [0.2, 0.25) is 0 Å². The second-order valence-corrected chi connectivity index (χ2v) is 6.54. The molecule has 0 spiro atoms. The summed E-state index contributed by atoms with van der Waals surface area (Å²) in [6.07, 6.45) is 2.22. The van der Waals surface area contributed by atoms with E-state index in [4.69, 9.17) is 4.74 Å². The molecule has 1 aromatic carbocycles. The Bertz CT molecular complexity index is 416. The number of benzene rings is 1. The maximum Gasteiger partial charge on any atom is 0.132 e. The number of hydrogen-bond donors (Lipinski definition) is 0. The third kappa shape index (κ3) is 3.52. The average Bonchev–Trinajstić information content (AvgIpc) is 2.39. The molecule has 1 heteroatoms. The summed E-state index contributed by atoms with van der Waals surface area (Å²) in [5.74, 6) is 1.01. The molecule has 0 bridgehead atoms. The molecule has 0 aliphatic rings. The van der Waals surface area contributed by atoms with Crippen LogP contribution in [0, 0.1) is 6.61 Å². The number of rotatable bonds is 6. The molecule has 1 rings (SSSR count). The van der Waals surface area contributed by atoms with E-state index in [1.807, 2.05) is 6.92 Å². The summed E-state index contributed by atoms with van der Waals surface area (Å²) in [5.41, 5.74) is 2.99. The van der Waals surface area contributed by atoms with Crippen LogP contribution in [0.3, 0.4) is 0 Å². The Labute approximate surface area is 119 Å². The predicted molar refractivity (Wildman–Crippen MR) is 83.7 cm³/mol. The highest BCUT2D eigenvalue weighted by Gasteiger charge is 2.25. The predicted octanol–water partition coefficient (Wildman–Crippen LogP) is 5.62. The lowest BCUT2D eigenvalue weighted by Gasteiger charge is -2.29. The van der Waals surface area contributed by atoms with Crippen LogP contribution in [-0.2, 0) is 10.8 Å². The molecule has 107 valence electrons. The molecule has 0 aromatic heterocycles. The van der Waals surface area contributed by atoms with Gasteiger partial charge in [0.1, 0.15) is 12.4 Å². The van der Waals surface area contributed by atoms with Crippen LogP contribution in [0.4, 0.5) is 0 Å². The monoisotopic (exact) mass is 261 g/mol. The van der Waals surface area contributed by atoms with Gasteiger partial charge in [-0.05, 0) is 47.8 Å². The van der Waals surface area contributed by atoms with Crippen LogP contribution in [0.5, 0.6) is 5.75 Å². The van der Waals surface area contributed by atoms with Gasteiger partial charge in [0.05, 0.1) is 0 Å². The zero-order valence-electron chi connectivity index (χ0n) is 13.6. The fraction of sp³-hybridized carbons (Fsp3) is 0.611. The quantitative estimate of drug-likeness (QED) is 0.645. The molecule has 1 aromatic rings. The Morgan fingerprint density at radius 3 is 2.05 bits per heavy atom. The second-order valence-electron chi connectivity index (χ2n) is 6.54. The van der Waals surface area contributed by atoms with E-state index in [1.165, 1.54) is 11.1 Å². The molecule has 0 N–H and O–H groups in total. The lowest BCUT2D eigenvalue weighted by Crippen LogP contribution is -2.19. The summed E-state index contributed by atoms with van der Waals surface area (Å²) in [4.78, 5) is 0. The molecule has 0 saturated heterocycles. The minimum Gasteiger partial charge on any atom is -0.487 e. The van der Waals surface area contributed by atoms with Crippen molar-refractivity contribution < 1.29 is 4.74 Å². The molecule has 0 unspecified atom stereocenters. The van der Waals surface area contributed by atoms with Crippen LogP contribution in [0.15, 0.2) is 18.2 Å². The third-order valence-corrected chi connectivity index (χ3v) is 4.50. The Balaban J connectivity index is 3.30. The van der Waals surface area contributed by atoms with Crippen LogP contribution >= 0.6 is 0 Å². The molecular weight excluding hydrogens is 232 g/mol. The molecular formula is C18H29O. The second kappa shape index (κ2) is 5.98. The highest BCUT2D eigenvalue weighted by molar-refractivity contribution is 5.44. The lowest BCUT2D eigenvalue weighted by atomic mass is 9.77. The van der Waals surface area contributed by atoms with Gasteiger partial charge in [-0.1, -0.05) is 53.7 Å². The molecule has 0 amide bonds. The minimum atomic E-state index is 0.146. The standard InChI is InChI=1S/C18H29O/c1-8-17(4,5)14-11-12-15(18(6,7)9-2)16(13-14)19-10-3/h10-13H,8-9H2,1-7H3. The zero-order chi connectivity index (χ0) is 14.7. The van der Waals surface area contributed by atoms with E-state index in [2.05, 4.69) is 59.7 Å². The van der Waals surface area contributed by atoms with Crippen molar-refractivity contribution in [2.45, 2.75) is 72.1 Å². The van der Waals surface area contributed by atoms with E-state index < -0.39 is 0 Å². The van der Waals surface area contributed by atoms with E-state index in [9.17, 15) is 0 Å². The molecule has 0 heterocycles. The molecule has 0 atom stereocenters. The van der Waals surface area contributed by atoms with Gasteiger partial charge in [-0.25, -0.2) is 0 Å². The molecule has 1 nitrogen and oxygen atoms in total. The van der Waals surface area contributed by atoms with Crippen LogP contribution in [0.25, 0.3) is 0 Å². The van der Waals surface area contributed by atoms with Crippen molar-refractivity contribution in [3.8, 4) is 5.75 Å². The first-order chi connectivity index (χ1) is 8.78. The van der Waals surface area contributed by atoms with E-state index >= 15 is 0 Å². The van der Waals surface area contributed by atoms with Crippen molar-refractivity contribution in [3.05, 3.63) is 35.9 Å². The van der Waals surface area contributed by atoms with Gasteiger partial charge < -0.3 is 4.74 Å². The third-order valence-electron chi connectivity index (χ3n) is 4.50. The van der Waals surface area contributed by atoms with Crippen molar-refractivity contribution >= 4 is 0 Å². The van der Waals surface area contributed by atoms with Crippen molar-refractivity contribution in [2.75, 3.05) is 0 Å². The van der Waals surface area contributed by atoms with Gasteiger partial charge in [-0.15, -0.1) is 0 Å². The van der Waals surface area contributed by atoms with Gasteiger partial charge in [0.2, 0.25) is 0 Å². The fourth-order valence-electron chi connectivity index (χ4n) is 2.12. The SMILES string of the molecule is C[CH]Oc1cc(C(C)(C)CC)ccc1C(C)(C)CC. The van der Waals surface area contributed by atoms with Gasteiger partial charge in [0, 0.05) is 0 Å². The summed E-state index contributed by atoms with van der Waals surface area (Å²) in [7, 11) is 0. The largest absolute Gasteiger partial charge is 0.487 e. The Kier molecular flexibility index (Phi) is 5.06. The Morgan fingerprint density at radius 2 is 1.58 bits per heavy atom. The van der Waals surface area contributed by atoms with Gasteiger partial charge in [-0.3, -0.25) is 0 Å². The summed E-state index contributed by atoms with van der Waals surface area (Å²) in [5, 5.41) is 0. The molecule has 1 radical (unpaired) electrons.